The van der Waals surface area contributed by atoms with Crippen LogP contribution in [0.2, 0.25) is 0 Å². The molecule has 5 heteroatoms. The van der Waals surface area contributed by atoms with Gasteiger partial charge in [-0.2, -0.15) is 8.42 Å². The van der Waals surface area contributed by atoms with Crippen molar-refractivity contribution in [2.75, 3.05) is 6.26 Å². The lowest BCUT2D eigenvalue weighted by molar-refractivity contribution is 0.311. The Bertz CT molecular complexity index is 409. The molecule has 0 aliphatic rings. The molecule has 0 fully saturated rings. The molecule has 1 rings (SSSR count). The van der Waals surface area contributed by atoms with Crippen molar-refractivity contribution in [2.45, 2.75) is 19.7 Å². The van der Waals surface area contributed by atoms with Crippen molar-refractivity contribution >= 4 is 10.1 Å². The van der Waals surface area contributed by atoms with E-state index in [0.717, 1.165) is 6.26 Å². The molecule has 1 aromatic carbocycles. The molecule has 0 aliphatic heterocycles. The molecule has 0 aromatic heterocycles. The zero-order valence-corrected chi connectivity index (χ0v) is 9.42. The summed E-state index contributed by atoms with van der Waals surface area (Å²) < 4.78 is 38.8. The second-order valence-electron chi connectivity index (χ2n) is 3.32. The van der Waals surface area contributed by atoms with E-state index in [0.29, 0.717) is 11.1 Å². The molecule has 15 heavy (non-hydrogen) atoms. The van der Waals surface area contributed by atoms with Crippen molar-refractivity contribution in [3.8, 4) is 0 Å². The quantitative estimate of drug-likeness (QED) is 0.747. The van der Waals surface area contributed by atoms with Gasteiger partial charge >= 0.3 is 0 Å². The topological polar surface area (TPSA) is 43.4 Å². The maximum Gasteiger partial charge on any atom is 0.264 e. The molecule has 0 heterocycles. The van der Waals surface area contributed by atoms with Crippen LogP contribution < -0.4 is 0 Å². The summed E-state index contributed by atoms with van der Waals surface area (Å²) in [4.78, 5) is 0. The van der Waals surface area contributed by atoms with Crippen LogP contribution in [0.25, 0.3) is 0 Å². The molecule has 0 spiro atoms. The molecule has 0 amide bonds. The number of hydrogen-bond donors (Lipinski definition) is 0. The van der Waals surface area contributed by atoms with E-state index in [4.69, 9.17) is 0 Å². The fourth-order valence-electron chi connectivity index (χ4n) is 1.05. The molecule has 0 N–H and O–H groups in total. The van der Waals surface area contributed by atoms with Crippen molar-refractivity contribution < 1.29 is 17.0 Å². The van der Waals surface area contributed by atoms with E-state index in [-0.39, 0.29) is 6.61 Å². The molecule has 0 radical (unpaired) electrons. The van der Waals surface area contributed by atoms with Gasteiger partial charge in [0.2, 0.25) is 0 Å². The van der Waals surface area contributed by atoms with Gasteiger partial charge in [0.05, 0.1) is 12.9 Å². The lowest BCUT2D eigenvalue weighted by atomic mass is 10.1. The Labute approximate surface area is 89.0 Å². The molecule has 1 aromatic rings. The van der Waals surface area contributed by atoms with Crippen molar-refractivity contribution in [3.63, 3.8) is 0 Å². The minimum absolute atomic E-state index is 0.0141. The number of halogens is 1. The lowest BCUT2D eigenvalue weighted by Crippen LogP contribution is -2.02. The summed E-state index contributed by atoms with van der Waals surface area (Å²) in [6.45, 7) is 1.43. The second kappa shape index (κ2) is 4.72. The second-order valence-corrected chi connectivity index (χ2v) is 4.97. The molecule has 0 aliphatic carbocycles. The van der Waals surface area contributed by atoms with Gasteiger partial charge in [0.15, 0.2) is 0 Å². The van der Waals surface area contributed by atoms with E-state index < -0.39 is 16.3 Å². The average Bonchev–Trinajstić information content (AvgIpc) is 2.14. The lowest BCUT2D eigenvalue weighted by Gasteiger charge is -2.04. The smallest absolute Gasteiger partial charge is 0.264 e. The third-order valence-corrected chi connectivity index (χ3v) is 2.42. The van der Waals surface area contributed by atoms with E-state index in [1.165, 1.54) is 6.92 Å². The number of rotatable bonds is 4. The van der Waals surface area contributed by atoms with Crippen molar-refractivity contribution in [1.29, 1.82) is 0 Å². The molecule has 0 saturated heterocycles. The Hall–Kier alpha value is -0.940. The molecular formula is C10H13FO3S. The summed E-state index contributed by atoms with van der Waals surface area (Å²) in [6, 6.07) is 6.53. The monoisotopic (exact) mass is 232 g/mol. The van der Waals surface area contributed by atoms with Crippen molar-refractivity contribution in [1.82, 2.24) is 0 Å². The summed E-state index contributed by atoms with van der Waals surface area (Å²) >= 11 is 0. The van der Waals surface area contributed by atoms with Gasteiger partial charge in [-0.15, -0.1) is 0 Å². The van der Waals surface area contributed by atoms with Crippen LogP contribution in [-0.4, -0.2) is 14.7 Å². The molecule has 84 valence electrons. The van der Waals surface area contributed by atoms with Crippen LogP contribution in [0.3, 0.4) is 0 Å². The Kier molecular flexibility index (Phi) is 3.82. The van der Waals surface area contributed by atoms with Gasteiger partial charge < -0.3 is 0 Å². The number of benzene rings is 1. The van der Waals surface area contributed by atoms with Crippen LogP contribution in [0.1, 0.15) is 24.2 Å². The number of alkyl halides is 1. The van der Waals surface area contributed by atoms with Crippen LogP contribution >= 0.6 is 0 Å². The van der Waals surface area contributed by atoms with Gasteiger partial charge in [-0.3, -0.25) is 4.18 Å². The molecule has 3 nitrogen and oxygen atoms in total. The van der Waals surface area contributed by atoms with Gasteiger partial charge in [0.25, 0.3) is 10.1 Å². The summed E-state index contributed by atoms with van der Waals surface area (Å²) in [5.74, 6) is 0. The number of hydrogen-bond acceptors (Lipinski definition) is 3. The average molecular weight is 232 g/mol. The predicted molar refractivity (Wildman–Crippen MR) is 55.6 cm³/mol. The molecule has 1 atom stereocenters. The van der Waals surface area contributed by atoms with Gasteiger partial charge in [-0.05, 0) is 18.1 Å². The maximum absolute atomic E-state index is 12.8. The van der Waals surface area contributed by atoms with Crippen LogP contribution in [-0.2, 0) is 20.9 Å². The first-order valence-electron chi connectivity index (χ1n) is 4.46. The highest BCUT2D eigenvalue weighted by Gasteiger charge is 2.04. The van der Waals surface area contributed by atoms with E-state index in [2.05, 4.69) is 4.18 Å². The van der Waals surface area contributed by atoms with Crippen LogP contribution in [0.15, 0.2) is 24.3 Å². The standard InChI is InChI=1S/C10H13FO3S/c1-8(11)10-5-3-9(4-6-10)7-14-15(2,12)13/h3-6,8H,7H2,1-2H3. The molecule has 0 bridgehead atoms. The Morgan fingerprint density at radius 3 is 2.27 bits per heavy atom. The van der Waals surface area contributed by atoms with E-state index in [1.54, 1.807) is 24.3 Å². The summed E-state index contributed by atoms with van der Waals surface area (Å²) in [7, 11) is -3.42. The third kappa shape index (κ3) is 4.40. The molecule has 1 unspecified atom stereocenters. The van der Waals surface area contributed by atoms with Crippen molar-refractivity contribution in [2.24, 2.45) is 0 Å². The van der Waals surface area contributed by atoms with Gasteiger partial charge in [0.1, 0.15) is 6.17 Å². The highest BCUT2D eigenvalue weighted by atomic mass is 32.2. The largest absolute Gasteiger partial charge is 0.265 e. The highest BCUT2D eigenvalue weighted by Crippen LogP contribution is 2.17. The SMILES string of the molecule is CC(F)c1ccc(COS(C)(=O)=O)cc1. The van der Waals surface area contributed by atoms with Crippen LogP contribution in [0.4, 0.5) is 4.39 Å². The Morgan fingerprint density at radius 2 is 1.87 bits per heavy atom. The van der Waals surface area contributed by atoms with Crippen molar-refractivity contribution in [3.05, 3.63) is 35.4 Å². The first-order valence-corrected chi connectivity index (χ1v) is 6.27. The highest BCUT2D eigenvalue weighted by molar-refractivity contribution is 7.85. The zero-order chi connectivity index (χ0) is 11.5. The first kappa shape index (κ1) is 12.1. The van der Waals surface area contributed by atoms with Gasteiger partial charge in [-0.1, -0.05) is 24.3 Å². The van der Waals surface area contributed by atoms with E-state index in [9.17, 15) is 12.8 Å². The molecule has 0 saturated carbocycles. The maximum atomic E-state index is 12.8. The fourth-order valence-corrected chi connectivity index (χ4v) is 1.40. The minimum atomic E-state index is -3.42. The summed E-state index contributed by atoms with van der Waals surface area (Å²) in [5.41, 5.74) is 1.27. The Balaban J connectivity index is 2.65. The van der Waals surface area contributed by atoms with E-state index in [1.807, 2.05) is 0 Å². The third-order valence-electron chi connectivity index (χ3n) is 1.88. The van der Waals surface area contributed by atoms with Crippen LogP contribution in [0, 0.1) is 0 Å². The normalized spacial score (nSPS) is 13.8. The van der Waals surface area contributed by atoms with Crippen LogP contribution in [0.5, 0.6) is 0 Å². The zero-order valence-electron chi connectivity index (χ0n) is 8.60. The predicted octanol–water partition coefficient (Wildman–Crippen LogP) is 2.19. The molecular weight excluding hydrogens is 219 g/mol. The first-order chi connectivity index (χ1) is 6.88. The summed E-state index contributed by atoms with van der Waals surface area (Å²) in [5, 5.41) is 0. The van der Waals surface area contributed by atoms with Gasteiger partial charge in [0, 0.05) is 0 Å². The Morgan fingerprint density at radius 1 is 1.33 bits per heavy atom. The van der Waals surface area contributed by atoms with E-state index >= 15 is 0 Å². The minimum Gasteiger partial charge on any atom is -0.265 e. The fraction of sp³-hybridized carbons (Fsp3) is 0.400. The summed E-state index contributed by atoms with van der Waals surface area (Å²) in [6.07, 6.45) is -0.0276. The van der Waals surface area contributed by atoms with Gasteiger partial charge in [-0.25, -0.2) is 4.39 Å².